The standard InChI is InChI=1S/C13H17N3O3S/c1-10(8-13(15)17)16-20(18,19)12-6-2-4-11(9-12)5-3-7-14/h2,4,6,9-10,16H,7-8,14H2,1H3,(H2,15,17). The number of primary amides is 1. The smallest absolute Gasteiger partial charge is 0.240 e. The maximum absolute atomic E-state index is 12.1. The Balaban J connectivity index is 2.95. The molecule has 108 valence electrons. The van der Waals surface area contributed by atoms with Crippen molar-refractivity contribution in [2.45, 2.75) is 24.3 Å². The lowest BCUT2D eigenvalue weighted by Gasteiger charge is -2.12. The number of benzene rings is 1. The zero-order valence-corrected chi connectivity index (χ0v) is 11.9. The average molecular weight is 295 g/mol. The van der Waals surface area contributed by atoms with Crippen LogP contribution in [-0.4, -0.2) is 26.9 Å². The van der Waals surface area contributed by atoms with Crippen LogP contribution in [0.15, 0.2) is 29.2 Å². The normalized spacial score (nSPS) is 12.3. The first-order valence-electron chi connectivity index (χ1n) is 5.95. The van der Waals surface area contributed by atoms with Gasteiger partial charge in [0, 0.05) is 18.0 Å². The van der Waals surface area contributed by atoms with E-state index in [9.17, 15) is 13.2 Å². The molecule has 5 N–H and O–H groups in total. The summed E-state index contributed by atoms with van der Waals surface area (Å²) < 4.78 is 26.6. The quantitative estimate of drug-likeness (QED) is 0.637. The van der Waals surface area contributed by atoms with Gasteiger partial charge >= 0.3 is 0 Å². The van der Waals surface area contributed by atoms with Crippen LogP contribution in [-0.2, 0) is 14.8 Å². The summed E-state index contributed by atoms with van der Waals surface area (Å²) in [6.45, 7) is 1.77. The van der Waals surface area contributed by atoms with Gasteiger partial charge in [-0.15, -0.1) is 0 Å². The van der Waals surface area contributed by atoms with Gasteiger partial charge in [0.15, 0.2) is 0 Å². The third-order valence-corrected chi connectivity index (χ3v) is 3.93. The minimum absolute atomic E-state index is 0.0636. The fourth-order valence-electron chi connectivity index (χ4n) is 1.57. The van der Waals surface area contributed by atoms with Crippen molar-refractivity contribution in [2.75, 3.05) is 6.54 Å². The molecule has 0 aliphatic carbocycles. The van der Waals surface area contributed by atoms with Crippen molar-refractivity contribution in [1.29, 1.82) is 0 Å². The first-order chi connectivity index (χ1) is 9.35. The van der Waals surface area contributed by atoms with Gasteiger partial charge in [-0.3, -0.25) is 4.79 Å². The number of carbonyl (C=O) groups is 1. The minimum atomic E-state index is -3.71. The summed E-state index contributed by atoms with van der Waals surface area (Å²) in [5.74, 6) is 4.85. The predicted molar refractivity (Wildman–Crippen MR) is 76.0 cm³/mol. The molecular weight excluding hydrogens is 278 g/mol. The second-order valence-electron chi connectivity index (χ2n) is 4.23. The molecule has 0 heterocycles. The van der Waals surface area contributed by atoms with Crippen LogP contribution in [0.2, 0.25) is 0 Å². The molecule has 1 unspecified atom stereocenters. The van der Waals surface area contributed by atoms with Crippen molar-refractivity contribution in [3.05, 3.63) is 29.8 Å². The Kier molecular flexibility index (Phi) is 5.70. The number of hydrogen-bond donors (Lipinski definition) is 3. The molecule has 1 aromatic rings. The summed E-state index contributed by atoms with van der Waals surface area (Å²) in [5.41, 5.74) is 10.8. The maximum Gasteiger partial charge on any atom is 0.240 e. The van der Waals surface area contributed by atoms with Crippen molar-refractivity contribution in [2.24, 2.45) is 11.5 Å². The van der Waals surface area contributed by atoms with Gasteiger partial charge < -0.3 is 11.5 Å². The van der Waals surface area contributed by atoms with E-state index in [2.05, 4.69) is 16.6 Å². The molecule has 1 aromatic carbocycles. The van der Waals surface area contributed by atoms with Gasteiger partial charge in [-0.05, 0) is 25.1 Å². The Morgan fingerprint density at radius 3 is 2.75 bits per heavy atom. The number of rotatable bonds is 5. The fraction of sp³-hybridized carbons (Fsp3) is 0.308. The number of amides is 1. The fourth-order valence-corrected chi connectivity index (χ4v) is 2.86. The molecule has 0 aliphatic rings. The monoisotopic (exact) mass is 295 g/mol. The zero-order valence-electron chi connectivity index (χ0n) is 11.1. The number of nitrogens with one attached hydrogen (secondary N) is 1. The van der Waals surface area contributed by atoms with Gasteiger partial charge in [0.25, 0.3) is 0 Å². The third kappa shape index (κ3) is 5.01. The molecule has 0 spiro atoms. The van der Waals surface area contributed by atoms with Crippen LogP contribution in [0.4, 0.5) is 0 Å². The van der Waals surface area contributed by atoms with Gasteiger partial charge in [-0.1, -0.05) is 17.9 Å². The zero-order chi connectivity index (χ0) is 15.2. The molecule has 7 heteroatoms. The summed E-state index contributed by atoms with van der Waals surface area (Å²) in [7, 11) is -3.71. The minimum Gasteiger partial charge on any atom is -0.370 e. The van der Waals surface area contributed by atoms with Gasteiger partial charge in [0.2, 0.25) is 15.9 Å². The van der Waals surface area contributed by atoms with Crippen molar-refractivity contribution in [3.63, 3.8) is 0 Å². The Hall–Kier alpha value is -1.88. The average Bonchev–Trinajstić information content (AvgIpc) is 2.35. The summed E-state index contributed by atoms with van der Waals surface area (Å²) in [6.07, 6.45) is -0.0636. The van der Waals surface area contributed by atoms with E-state index >= 15 is 0 Å². The highest BCUT2D eigenvalue weighted by Gasteiger charge is 2.18. The van der Waals surface area contributed by atoms with Crippen molar-refractivity contribution < 1.29 is 13.2 Å². The molecule has 6 nitrogen and oxygen atoms in total. The lowest BCUT2D eigenvalue weighted by atomic mass is 10.2. The maximum atomic E-state index is 12.1. The van der Waals surface area contributed by atoms with Crippen LogP contribution in [0.5, 0.6) is 0 Å². The number of sulfonamides is 1. The molecule has 1 rings (SSSR count). The Bertz CT molecular complexity index is 644. The lowest BCUT2D eigenvalue weighted by Crippen LogP contribution is -2.35. The number of nitrogens with two attached hydrogens (primary N) is 2. The SMILES string of the molecule is CC(CC(N)=O)NS(=O)(=O)c1cccc(C#CCN)c1. The molecule has 20 heavy (non-hydrogen) atoms. The van der Waals surface area contributed by atoms with E-state index in [1.807, 2.05) is 0 Å². The van der Waals surface area contributed by atoms with Gasteiger partial charge in [0.1, 0.15) is 0 Å². The van der Waals surface area contributed by atoms with Crippen LogP contribution < -0.4 is 16.2 Å². The molecule has 0 saturated carbocycles. The second-order valence-corrected chi connectivity index (χ2v) is 5.94. The molecule has 0 radical (unpaired) electrons. The molecule has 0 aliphatic heterocycles. The lowest BCUT2D eigenvalue weighted by molar-refractivity contribution is -0.118. The molecule has 0 aromatic heterocycles. The number of hydrogen-bond acceptors (Lipinski definition) is 4. The van der Waals surface area contributed by atoms with Crippen LogP contribution in [0.25, 0.3) is 0 Å². The van der Waals surface area contributed by atoms with Crippen molar-refractivity contribution in [3.8, 4) is 11.8 Å². The molecule has 0 fully saturated rings. The summed E-state index contributed by atoms with van der Waals surface area (Å²) in [5, 5.41) is 0. The van der Waals surface area contributed by atoms with Crippen LogP contribution in [0.3, 0.4) is 0 Å². The topological polar surface area (TPSA) is 115 Å². The highest BCUT2D eigenvalue weighted by atomic mass is 32.2. The van der Waals surface area contributed by atoms with E-state index in [0.717, 1.165) is 0 Å². The van der Waals surface area contributed by atoms with Gasteiger partial charge in [-0.25, -0.2) is 13.1 Å². The molecule has 1 amide bonds. The van der Waals surface area contributed by atoms with E-state index in [0.29, 0.717) is 5.56 Å². The van der Waals surface area contributed by atoms with Crippen LogP contribution >= 0.6 is 0 Å². The van der Waals surface area contributed by atoms with E-state index in [1.54, 1.807) is 19.1 Å². The van der Waals surface area contributed by atoms with Crippen molar-refractivity contribution >= 4 is 15.9 Å². The highest BCUT2D eigenvalue weighted by Crippen LogP contribution is 2.12. The van der Waals surface area contributed by atoms with Crippen LogP contribution in [0, 0.1) is 11.8 Å². The largest absolute Gasteiger partial charge is 0.370 e. The summed E-state index contributed by atoms with van der Waals surface area (Å²) in [4.78, 5) is 10.8. The summed E-state index contributed by atoms with van der Waals surface area (Å²) >= 11 is 0. The molecular formula is C13H17N3O3S. The molecule has 1 atom stereocenters. The van der Waals surface area contributed by atoms with E-state index < -0.39 is 22.0 Å². The second kappa shape index (κ2) is 7.05. The molecule has 0 bridgehead atoms. The summed E-state index contributed by atoms with van der Waals surface area (Å²) in [6, 6.07) is 5.60. The van der Waals surface area contributed by atoms with Crippen LogP contribution in [0.1, 0.15) is 18.9 Å². The Morgan fingerprint density at radius 1 is 1.45 bits per heavy atom. The Morgan fingerprint density at radius 2 is 2.15 bits per heavy atom. The predicted octanol–water partition coefficient (Wildman–Crippen LogP) is -0.461. The van der Waals surface area contributed by atoms with E-state index in [-0.39, 0.29) is 17.9 Å². The van der Waals surface area contributed by atoms with E-state index in [4.69, 9.17) is 11.5 Å². The number of carbonyl (C=O) groups excluding carboxylic acids is 1. The van der Waals surface area contributed by atoms with Gasteiger partial charge in [0.05, 0.1) is 11.4 Å². The van der Waals surface area contributed by atoms with E-state index in [1.165, 1.54) is 12.1 Å². The van der Waals surface area contributed by atoms with Gasteiger partial charge in [-0.2, -0.15) is 0 Å². The Labute approximate surface area is 118 Å². The molecule has 0 saturated heterocycles. The van der Waals surface area contributed by atoms with Crippen molar-refractivity contribution in [1.82, 2.24) is 4.72 Å². The first-order valence-corrected chi connectivity index (χ1v) is 7.43. The first kappa shape index (κ1) is 16.2. The third-order valence-electron chi connectivity index (χ3n) is 2.34. The highest BCUT2D eigenvalue weighted by molar-refractivity contribution is 7.89.